The number of hydrogen-bond acceptors (Lipinski definition) is 7. The van der Waals surface area contributed by atoms with Gasteiger partial charge in [-0.25, -0.2) is 4.79 Å². The molecule has 140 valence electrons. The van der Waals surface area contributed by atoms with Crippen molar-refractivity contribution in [2.45, 2.75) is 26.1 Å². The summed E-state index contributed by atoms with van der Waals surface area (Å²) in [5, 5.41) is 19.2. The Morgan fingerprint density at radius 2 is 1.96 bits per heavy atom. The van der Waals surface area contributed by atoms with Gasteiger partial charge in [-0.15, -0.1) is 0 Å². The lowest BCUT2D eigenvalue weighted by atomic mass is 9.86. The maximum atomic E-state index is 12.2. The third kappa shape index (κ3) is 4.86. The molecule has 0 spiro atoms. The lowest BCUT2D eigenvalue weighted by Crippen LogP contribution is -2.31. The van der Waals surface area contributed by atoms with Crippen LogP contribution in [0.3, 0.4) is 0 Å². The zero-order chi connectivity index (χ0) is 19.1. The Morgan fingerprint density at radius 3 is 2.58 bits per heavy atom. The zero-order valence-corrected chi connectivity index (χ0v) is 14.7. The van der Waals surface area contributed by atoms with Gasteiger partial charge in [-0.2, -0.15) is 0 Å². The van der Waals surface area contributed by atoms with Crippen LogP contribution in [0.25, 0.3) is 0 Å². The summed E-state index contributed by atoms with van der Waals surface area (Å²) >= 11 is 0. The number of allylic oxidation sites excluding steroid dienone is 1. The van der Waals surface area contributed by atoms with Gasteiger partial charge in [0.1, 0.15) is 5.75 Å². The van der Waals surface area contributed by atoms with Crippen molar-refractivity contribution in [2.75, 3.05) is 13.7 Å². The molecule has 0 saturated carbocycles. The van der Waals surface area contributed by atoms with Gasteiger partial charge in [0, 0.05) is 17.9 Å². The molecule has 0 aromatic heterocycles. The highest BCUT2D eigenvalue weighted by molar-refractivity contribution is 5.90. The van der Waals surface area contributed by atoms with E-state index in [1.807, 2.05) is 0 Å². The average Bonchev–Trinajstić information content (AvgIpc) is 2.63. The molecule has 1 aliphatic rings. The molecule has 0 unspecified atom stereocenters. The molecule has 1 heterocycles. The van der Waals surface area contributed by atoms with Gasteiger partial charge in [-0.3, -0.25) is 4.79 Å². The number of esters is 2. The normalized spacial score (nSPS) is 20.9. The number of carbonyl (C=O) groups excluding carboxylic acids is 2. The van der Waals surface area contributed by atoms with Crippen molar-refractivity contribution < 1.29 is 34.0 Å². The molecule has 2 atom stereocenters. The highest BCUT2D eigenvalue weighted by atomic mass is 16.6. The van der Waals surface area contributed by atoms with E-state index in [1.54, 1.807) is 37.3 Å². The Labute approximate surface area is 151 Å². The van der Waals surface area contributed by atoms with E-state index in [0.717, 1.165) is 11.8 Å². The minimum absolute atomic E-state index is 0.114. The SMILES string of the molecule is C/C=C1/[C@H](CC(=O)OCCc2ccc(O)cc2)C(C(=O)OC)=CO[C@@H]1O. The van der Waals surface area contributed by atoms with Gasteiger partial charge < -0.3 is 24.4 Å². The second kappa shape index (κ2) is 9.05. The molecule has 7 nitrogen and oxygen atoms in total. The minimum atomic E-state index is -1.22. The highest BCUT2D eigenvalue weighted by Gasteiger charge is 2.35. The molecule has 0 fully saturated rings. The summed E-state index contributed by atoms with van der Waals surface area (Å²) in [5.41, 5.74) is 1.48. The third-order valence-corrected chi connectivity index (χ3v) is 4.10. The Bertz CT molecular complexity index is 703. The number of phenols is 1. The lowest BCUT2D eigenvalue weighted by molar-refractivity contribution is -0.145. The van der Waals surface area contributed by atoms with E-state index in [2.05, 4.69) is 0 Å². The summed E-state index contributed by atoms with van der Waals surface area (Å²) in [6.45, 7) is 1.85. The largest absolute Gasteiger partial charge is 0.508 e. The summed E-state index contributed by atoms with van der Waals surface area (Å²) < 4.78 is 15.0. The number of phenolic OH excluding ortho intramolecular Hbond substituents is 1. The summed E-state index contributed by atoms with van der Waals surface area (Å²) in [5.74, 6) is -1.63. The van der Waals surface area contributed by atoms with Crippen LogP contribution < -0.4 is 0 Å². The molecule has 0 radical (unpaired) electrons. The topological polar surface area (TPSA) is 102 Å². The molecule has 1 aliphatic heterocycles. The van der Waals surface area contributed by atoms with Crippen molar-refractivity contribution in [3.63, 3.8) is 0 Å². The van der Waals surface area contributed by atoms with Crippen molar-refractivity contribution in [1.82, 2.24) is 0 Å². The molecule has 0 saturated heterocycles. The Morgan fingerprint density at radius 1 is 1.27 bits per heavy atom. The minimum Gasteiger partial charge on any atom is -0.508 e. The number of aliphatic hydroxyl groups is 1. The molecule has 0 aliphatic carbocycles. The average molecular weight is 362 g/mol. The smallest absolute Gasteiger partial charge is 0.337 e. The number of ether oxygens (including phenoxy) is 3. The van der Waals surface area contributed by atoms with Crippen molar-refractivity contribution in [1.29, 1.82) is 0 Å². The van der Waals surface area contributed by atoms with Crippen molar-refractivity contribution in [3.8, 4) is 5.75 Å². The van der Waals surface area contributed by atoms with Crippen LogP contribution in [0.15, 0.2) is 47.7 Å². The van der Waals surface area contributed by atoms with E-state index in [9.17, 15) is 19.8 Å². The van der Waals surface area contributed by atoms with Gasteiger partial charge in [-0.1, -0.05) is 18.2 Å². The summed E-state index contributed by atoms with van der Waals surface area (Å²) in [6, 6.07) is 6.61. The molecule has 0 amide bonds. The molecule has 0 bridgehead atoms. The van der Waals surface area contributed by atoms with Crippen LogP contribution in [-0.2, 0) is 30.2 Å². The molecule has 7 heteroatoms. The summed E-state index contributed by atoms with van der Waals surface area (Å²) in [7, 11) is 1.23. The fourth-order valence-corrected chi connectivity index (χ4v) is 2.70. The van der Waals surface area contributed by atoms with E-state index < -0.39 is 24.1 Å². The summed E-state index contributed by atoms with van der Waals surface area (Å²) in [6.07, 6.45) is 1.89. The van der Waals surface area contributed by atoms with Crippen molar-refractivity contribution in [2.24, 2.45) is 5.92 Å². The van der Waals surface area contributed by atoms with E-state index >= 15 is 0 Å². The van der Waals surface area contributed by atoms with E-state index in [1.165, 1.54) is 7.11 Å². The van der Waals surface area contributed by atoms with Gasteiger partial charge in [0.25, 0.3) is 0 Å². The molecule has 1 aromatic rings. The van der Waals surface area contributed by atoms with Gasteiger partial charge in [0.05, 0.1) is 32.0 Å². The highest BCUT2D eigenvalue weighted by Crippen LogP contribution is 2.32. The number of benzene rings is 1. The number of aliphatic hydroxyl groups excluding tert-OH is 1. The Kier molecular flexibility index (Phi) is 6.80. The first-order valence-corrected chi connectivity index (χ1v) is 8.17. The van der Waals surface area contributed by atoms with Crippen molar-refractivity contribution >= 4 is 11.9 Å². The van der Waals surface area contributed by atoms with Crippen LogP contribution in [0, 0.1) is 5.92 Å². The Hall–Kier alpha value is -2.80. The fourth-order valence-electron chi connectivity index (χ4n) is 2.70. The number of carbonyl (C=O) groups is 2. The van der Waals surface area contributed by atoms with Gasteiger partial charge >= 0.3 is 11.9 Å². The van der Waals surface area contributed by atoms with Crippen LogP contribution in [0.1, 0.15) is 18.9 Å². The molecule has 2 rings (SSSR count). The maximum Gasteiger partial charge on any atom is 0.337 e. The second-order valence-corrected chi connectivity index (χ2v) is 5.74. The standard InChI is InChI=1S/C19H22O7/c1-3-14-15(16(18(22)24-2)11-26-19(14)23)10-17(21)25-9-8-12-4-6-13(20)7-5-12/h3-7,11,15,19-20,23H,8-10H2,1-2H3/b14-3-/t15-,19-/m0/s1. The van der Waals surface area contributed by atoms with E-state index in [0.29, 0.717) is 12.0 Å². The lowest BCUT2D eigenvalue weighted by Gasteiger charge is -2.28. The third-order valence-electron chi connectivity index (χ3n) is 4.10. The predicted molar refractivity (Wildman–Crippen MR) is 91.8 cm³/mol. The number of hydrogen-bond donors (Lipinski definition) is 2. The predicted octanol–water partition coefficient (Wildman–Crippen LogP) is 1.84. The first-order valence-electron chi connectivity index (χ1n) is 8.17. The maximum absolute atomic E-state index is 12.2. The fraction of sp³-hybridized carbons (Fsp3) is 0.368. The van der Waals surface area contributed by atoms with Crippen LogP contribution in [0.4, 0.5) is 0 Å². The molecule has 26 heavy (non-hydrogen) atoms. The first-order chi connectivity index (χ1) is 12.5. The molecular formula is C19H22O7. The zero-order valence-electron chi connectivity index (χ0n) is 14.7. The van der Waals surface area contributed by atoms with Crippen LogP contribution >= 0.6 is 0 Å². The van der Waals surface area contributed by atoms with E-state index in [4.69, 9.17) is 14.2 Å². The molecule has 1 aromatic carbocycles. The van der Waals surface area contributed by atoms with Crippen molar-refractivity contribution in [3.05, 3.63) is 53.3 Å². The number of aromatic hydroxyl groups is 1. The molecule has 2 N–H and O–H groups in total. The van der Waals surface area contributed by atoms with E-state index in [-0.39, 0.29) is 24.4 Å². The monoisotopic (exact) mass is 362 g/mol. The number of methoxy groups -OCH3 is 1. The van der Waals surface area contributed by atoms with Gasteiger partial charge in [-0.05, 0) is 24.6 Å². The number of rotatable bonds is 6. The van der Waals surface area contributed by atoms with Gasteiger partial charge in [0.15, 0.2) is 0 Å². The van der Waals surface area contributed by atoms with Crippen LogP contribution in [0.2, 0.25) is 0 Å². The first kappa shape index (κ1) is 19.5. The Balaban J connectivity index is 1.97. The quantitative estimate of drug-likeness (QED) is 0.588. The van der Waals surface area contributed by atoms with Crippen LogP contribution in [0.5, 0.6) is 5.75 Å². The van der Waals surface area contributed by atoms with Crippen LogP contribution in [-0.4, -0.2) is 42.2 Å². The molecular weight excluding hydrogens is 340 g/mol. The second-order valence-electron chi connectivity index (χ2n) is 5.74. The summed E-state index contributed by atoms with van der Waals surface area (Å²) in [4.78, 5) is 24.1. The van der Waals surface area contributed by atoms with Gasteiger partial charge in [0.2, 0.25) is 6.29 Å².